The molecule has 9 nitrogen and oxygen atoms in total. The zero-order valence-electron chi connectivity index (χ0n) is 24.2. The van der Waals surface area contributed by atoms with E-state index >= 15 is 0 Å². The molecule has 2 aromatic rings. The number of aryl methyl sites for hydroxylation is 4. The van der Waals surface area contributed by atoms with Crippen molar-refractivity contribution in [1.82, 2.24) is 5.32 Å². The quantitative estimate of drug-likeness (QED) is 0.152. The summed E-state index contributed by atoms with van der Waals surface area (Å²) in [5.41, 5.74) is 5.75. The molecule has 41 heavy (non-hydrogen) atoms. The molecule has 1 amide bonds. The summed E-state index contributed by atoms with van der Waals surface area (Å²) in [5, 5.41) is 25.3. The third-order valence-electron chi connectivity index (χ3n) is 6.80. The molecule has 0 aliphatic rings. The van der Waals surface area contributed by atoms with E-state index in [9.17, 15) is 19.5 Å². The average molecular weight is 591 g/mol. The summed E-state index contributed by atoms with van der Waals surface area (Å²) in [4.78, 5) is 35.6. The van der Waals surface area contributed by atoms with E-state index in [-0.39, 0.29) is 6.61 Å². The molecule has 10 heteroatoms. The van der Waals surface area contributed by atoms with E-state index in [0.717, 1.165) is 49.8 Å². The zero-order chi connectivity index (χ0) is 30.2. The fourth-order valence-corrected chi connectivity index (χ4v) is 4.38. The Morgan fingerprint density at radius 3 is 2.20 bits per heavy atom. The molecule has 0 saturated carbocycles. The second kappa shape index (κ2) is 18.3. The highest BCUT2D eigenvalue weighted by Crippen LogP contribution is 2.20. The van der Waals surface area contributed by atoms with Crippen LogP contribution in [0.5, 0.6) is 0 Å². The van der Waals surface area contributed by atoms with Crippen molar-refractivity contribution in [3.63, 3.8) is 0 Å². The predicted molar refractivity (Wildman–Crippen MR) is 160 cm³/mol. The number of anilines is 1. The van der Waals surface area contributed by atoms with Gasteiger partial charge in [-0.25, -0.2) is 9.59 Å². The van der Waals surface area contributed by atoms with E-state index in [2.05, 4.69) is 42.7 Å². The molecule has 0 spiro atoms. The van der Waals surface area contributed by atoms with E-state index < -0.39 is 36.7 Å². The van der Waals surface area contributed by atoms with Crippen LogP contribution in [0.15, 0.2) is 36.4 Å². The molecular weight excluding hydrogens is 548 g/mol. The van der Waals surface area contributed by atoms with Crippen LogP contribution in [0.2, 0.25) is 5.02 Å². The molecule has 0 aromatic heterocycles. The highest BCUT2D eigenvalue weighted by atomic mass is 35.5. The first-order chi connectivity index (χ1) is 19.6. The number of hydrogen-bond donors (Lipinski definition) is 4. The maximum Gasteiger partial charge on any atom is 0.336 e. The lowest BCUT2D eigenvalue weighted by molar-refractivity contribution is -0.172. The van der Waals surface area contributed by atoms with Gasteiger partial charge in [0.25, 0.3) is 5.91 Å². The SMILES string of the molecule is Cc1ccc(CCCCCNC(=O)C(OCCCCCNc2ccc(C)c(Cl)c2)C(OCC(=O)O)C(=O)O)cc1C. The molecule has 4 N–H and O–H groups in total. The number of ether oxygens (including phenoxy) is 2. The number of carboxylic acid groups (broad SMARTS) is 2. The number of hydrogen-bond acceptors (Lipinski definition) is 6. The number of carboxylic acids is 2. The molecule has 0 fully saturated rings. The van der Waals surface area contributed by atoms with Crippen LogP contribution in [-0.4, -0.2) is 66.6 Å². The summed E-state index contributed by atoms with van der Waals surface area (Å²) >= 11 is 6.15. The Labute approximate surface area is 247 Å². The van der Waals surface area contributed by atoms with Crippen LogP contribution >= 0.6 is 11.6 Å². The highest BCUT2D eigenvalue weighted by Gasteiger charge is 2.36. The summed E-state index contributed by atoms with van der Waals surface area (Å²) in [5.74, 6) is -3.42. The standard InChI is InChI=1S/C31H43ClN2O7/c1-21-11-13-24(18-23(21)3)10-6-4-7-16-34-30(37)28(29(31(38)39)41-20-27(35)36)40-17-9-5-8-15-33-25-14-12-22(2)26(32)19-25/h11-14,18-19,28-29,33H,4-10,15-17,20H2,1-3H3,(H,34,37)(H,35,36)(H,38,39). The number of nitrogens with one attached hydrogen (secondary N) is 2. The average Bonchev–Trinajstić information content (AvgIpc) is 2.92. The van der Waals surface area contributed by atoms with Crippen LogP contribution in [0.4, 0.5) is 5.69 Å². The van der Waals surface area contributed by atoms with Crippen LogP contribution in [-0.2, 0) is 30.3 Å². The minimum Gasteiger partial charge on any atom is -0.480 e. The number of carbonyl (C=O) groups is 3. The predicted octanol–water partition coefficient (Wildman–Crippen LogP) is 5.32. The minimum absolute atomic E-state index is 0.130. The fraction of sp³-hybridized carbons (Fsp3) is 0.516. The van der Waals surface area contributed by atoms with Gasteiger partial charge in [-0.05, 0) is 93.7 Å². The number of carbonyl (C=O) groups excluding carboxylic acids is 1. The fourth-order valence-electron chi connectivity index (χ4n) is 4.20. The van der Waals surface area contributed by atoms with Crippen LogP contribution < -0.4 is 10.6 Å². The van der Waals surface area contributed by atoms with Gasteiger partial charge < -0.3 is 30.3 Å². The lowest BCUT2D eigenvalue weighted by Gasteiger charge is -2.23. The molecule has 2 atom stereocenters. The molecule has 0 radical (unpaired) electrons. The summed E-state index contributed by atoms with van der Waals surface area (Å²) in [6.07, 6.45) is 2.50. The third kappa shape index (κ3) is 12.9. The summed E-state index contributed by atoms with van der Waals surface area (Å²) < 4.78 is 10.7. The summed E-state index contributed by atoms with van der Waals surface area (Å²) in [6, 6.07) is 12.2. The molecule has 226 valence electrons. The first-order valence-corrected chi connectivity index (χ1v) is 14.5. The van der Waals surface area contributed by atoms with Gasteiger partial charge in [0.15, 0.2) is 12.2 Å². The van der Waals surface area contributed by atoms with Gasteiger partial charge in [-0.1, -0.05) is 42.3 Å². The molecule has 0 saturated heterocycles. The van der Waals surface area contributed by atoms with Crippen molar-refractivity contribution in [2.24, 2.45) is 0 Å². The van der Waals surface area contributed by atoms with Gasteiger partial charge in [-0.15, -0.1) is 0 Å². The lowest BCUT2D eigenvalue weighted by Crippen LogP contribution is -2.49. The van der Waals surface area contributed by atoms with E-state index in [0.29, 0.717) is 24.5 Å². The van der Waals surface area contributed by atoms with Crippen LogP contribution in [0, 0.1) is 20.8 Å². The number of benzene rings is 2. The maximum absolute atomic E-state index is 12.9. The van der Waals surface area contributed by atoms with Crippen molar-refractivity contribution >= 4 is 35.1 Å². The van der Waals surface area contributed by atoms with Crippen molar-refractivity contribution in [3.8, 4) is 0 Å². The number of amides is 1. The molecule has 2 aromatic carbocycles. The number of rotatable bonds is 20. The second-order valence-electron chi connectivity index (χ2n) is 10.2. The van der Waals surface area contributed by atoms with Gasteiger partial charge in [-0.3, -0.25) is 4.79 Å². The molecule has 0 aliphatic carbocycles. The topological polar surface area (TPSA) is 134 Å². The van der Waals surface area contributed by atoms with Crippen molar-refractivity contribution in [1.29, 1.82) is 0 Å². The highest BCUT2D eigenvalue weighted by molar-refractivity contribution is 6.31. The number of unbranched alkanes of at least 4 members (excludes halogenated alkanes) is 4. The Kier molecular flexibility index (Phi) is 15.2. The van der Waals surface area contributed by atoms with Crippen LogP contribution in [0.3, 0.4) is 0 Å². The van der Waals surface area contributed by atoms with Gasteiger partial charge in [-0.2, -0.15) is 0 Å². The Hall–Kier alpha value is -3.14. The van der Waals surface area contributed by atoms with Gasteiger partial charge in [0.05, 0.1) is 0 Å². The van der Waals surface area contributed by atoms with Crippen molar-refractivity contribution in [3.05, 3.63) is 63.7 Å². The van der Waals surface area contributed by atoms with Crippen LogP contribution in [0.1, 0.15) is 60.8 Å². The molecule has 2 rings (SSSR count). The monoisotopic (exact) mass is 590 g/mol. The van der Waals surface area contributed by atoms with E-state index in [4.69, 9.17) is 26.2 Å². The first kappa shape index (κ1) is 34.1. The van der Waals surface area contributed by atoms with Gasteiger partial charge in [0.1, 0.15) is 6.61 Å². The lowest BCUT2D eigenvalue weighted by atomic mass is 10.0. The van der Waals surface area contributed by atoms with Gasteiger partial charge in [0, 0.05) is 30.4 Å². The van der Waals surface area contributed by atoms with E-state index in [1.165, 1.54) is 16.7 Å². The Morgan fingerprint density at radius 1 is 0.805 bits per heavy atom. The smallest absolute Gasteiger partial charge is 0.336 e. The van der Waals surface area contributed by atoms with Crippen molar-refractivity contribution < 1.29 is 34.1 Å². The molecular formula is C31H43ClN2O7. The van der Waals surface area contributed by atoms with E-state index in [1.807, 2.05) is 25.1 Å². The van der Waals surface area contributed by atoms with E-state index in [1.54, 1.807) is 0 Å². The van der Waals surface area contributed by atoms with Crippen LogP contribution in [0.25, 0.3) is 0 Å². The Bertz CT molecular complexity index is 1140. The molecule has 2 unspecified atom stereocenters. The number of aliphatic carboxylic acids is 2. The second-order valence-corrected chi connectivity index (χ2v) is 10.6. The molecule has 0 aliphatic heterocycles. The van der Waals surface area contributed by atoms with Gasteiger partial charge in [0.2, 0.25) is 0 Å². The Balaban J connectivity index is 1.78. The largest absolute Gasteiger partial charge is 0.480 e. The maximum atomic E-state index is 12.9. The van der Waals surface area contributed by atoms with Gasteiger partial charge >= 0.3 is 11.9 Å². The summed E-state index contributed by atoms with van der Waals surface area (Å²) in [7, 11) is 0. The van der Waals surface area contributed by atoms with Crippen molar-refractivity contribution in [2.75, 3.05) is 31.6 Å². The van der Waals surface area contributed by atoms with Crippen molar-refractivity contribution in [2.45, 2.75) is 77.9 Å². The molecule has 0 bridgehead atoms. The summed E-state index contributed by atoms with van der Waals surface area (Å²) in [6.45, 7) is 6.47. The Morgan fingerprint density at radius 2 is 1.51 bits per heavy atom. The number of halogens is 1. The third-order valence-corrected chi connectivity index (χ3v) is 7.20. The molecule has 0 heterocycles. The minimum atomic E-state index is -1.73. The zero-order valence-corrected chi connectivity index (χ0v) is 25.0. The first-order valence-electron chi connectivity index (χ1n) is 14.1. The normalized spacial score (nSPS) is 12.5.